The molecule has 0 unspecified atom stereocenters. The summed E-state index contributed by atoms with van der Waals surface area (Å²) in [4.78, 5) is 31.6. The van der Waals surface area contributed by atoms with Crippen LogP contribution in [0.25, 0.3) is 10.9 Å². The van der Waals surface area contributed by atoms with E-state index in [1.54, 1.807) is 36.0 Å². The number of alkyl halides is 2. The van der Waals surface area contributed by atoms with Gasteiger partial charge in [0.2, 0.25) is 5.78 Å². The lowest BCUT2D eigenvalue weighted by Gasteiger charge is -2.34. The van der Waals surface area contributed by atoms with Gasteiger partial charge in [0.25, 0.3) is 6.43 Å². The van der Waals surface area contributed by atoms with E-state index in [-0.39, 0.29) is 23.3 Å². The molecular formula is C26H32F2N4O4. The molecular weight excluding hydrogens is 470 g/mol. The Morgan fingerprint density at radius 2 is 1.92 bits per heavy atom. The van der Waals surface area contributed by atoms with Gasteiger partial charge in [-0.3, -0.25) is 4.79 Å². The van der Waals surface area contributed by atoms with E-state index in [1.165, 1.54) is 6.20 Å². The molecule has 2 heterocycles. The van der Waals surface area contributed by atoms with E-state index in [0.717, 1.165) is 5.56 Å². The van der Waals surface area contributed by atoms with Crippen molar-refractivity contribution in [3.8, 4) is 11.8 Å². The maximum absolute atomic E-state index is 13.0. The van der Waals surface area contributed by atoms with Crippen LogP contribution in [0.2, 0.25) is 0 Å². The van der Waals surface area contributed by atoms with Gasteiger partial charge in [-0.25, -0.2) is 13.6 Å². The number of H-pyrrole nitrogens is 1. The molecule has 1 N–H and O–H groups in total. The Hall–Kier alpha value is -3.61. The standard InChI is InChI=1S/C26H32F2N4O4/c1-26(2,3)36-25(34)32-8-6-16(7-9-32)19-12-20-17(11-22(19)35-15-23(27)28)10-21(30-20)24(33)18(13-29)14-31(4)5/h10-12,14,16,23,30H,6-9,15H2,1-5H3/b18-14+. The molecule has 0 aliphatic carbocycles. The van der Waals surface area contributed by atoms with Gasteiger partial charge in [-0.1, -0.05) is 0 Å². The number of ketones is 1. The van der Waals surface area contributed by atoms with Crippen LogP contribution in [-0.2, 0) is 4.74 Å². The summed E-state index contributed by atoms with van der Waals surface area (Å²) in [5.74, 6) is -0.183. The number of rotatable bonds is 7. The summed E-state index contributed by atoms with van der Waals surface area (Å²) in [6, 6.07) is 6.94. The highest BCUT2D eigenvalue weighted by Crippen LogP contribution is 2.38. The number of nitriles is 1. The molecule has 1 aliphatic rings. The van der Waals surface area contributed by atoms with Crippen molar-refractivity contribution in [2.45, 2.75) is 51.6 Å². The van der Waals surface area contributed by atoms with Gasteiger partial charge in [0.05, 0.1) is 5.69 Å². The second kappa shape index (κ2) is 11.0. The number of nitrogens with zero attached hydrogens (tertiary/aromatic N) is 3. The van der Waals surface area contributed by atoms with Crippen LogP contribution in [-0.4, -0.2) is 72.5 Å². The Morgan fingerprint density at radius 3 is 2.47 bits per heavy atom. The number of piperidine rings is 1. The van der Waals surface area contributed by atoms with Gasteiger partial charge in [0, 0.05) is 44.3 Å². The molecule has 0 bridgehead atoms. The zero-order chi connectivity index (χ0) is 26.6. The molecule has 8 nitrogen and oxygen atoms in total. The molecule has 1 aromatic heterocycles. The average Bonchev–Trinajstić information content (AvgIpc) is 3.22. The second-order valence-electron chi connectivity index (χ2n) is 10.1. The van der Waals surface area contributed by atoms with Crippen molar-refractivity contribution < 1.29 is 27.8 Å². The van der Waals surface area contributed by atoms with E-state index in [4.69, 9.17) is 9.47 Å². The molecule has 0 saturated carbocycles. The number of carbonyl (C=O) groups excluding carboxylic acids is 2. The van der Waals surface area contributed by atoms with Crippen LogP contribution in [0.4, 0.5) is 13.6 Å². The zero-order valence-electron chi connectivity index (χ0n) is 21.2. The summed E-state index contributed by atoms with van der Waals surface area (Å²) in [5, 5.41) is 9.99. The highest BCUT2D eigenvalue weighted by Gasteiger charge is 2.29. The van der Waals surface area contributed by atoms with Crippen molar-refractivity contribution in [1.82, 2.24) is 14.8 Å². The van der Waals surface area contributed by atoms with Crippen LogP contribution in [0.3, 0.4) is 0 Å². The Balaban J connectivity index is 1.89. The summed E-state index contributed by atoms with van der Waals surface area (Å²) >= 11 is 0. The first kappa shape index (κ1) is 27.0. The first-order valence-corrected chi connectivity index (χ1v) is 11.8. The number of fused-ring (bicyclic) bond motifs is 1. The number of Topliss-reactive ketones (excluding diaryl/α,β-unsaturated/α-hetero) is 1. The van der Waals surface area contributed by atoms with Crippen LogP contribution in [0, 0.1) is 11.3 Å². The SMILES string of the molecule is CN(C)/C=C(\C#N)C(=O)c1cc2cc(OCC(F)F)c(C3CCN(C(=O)OC(C)(C)C)CC3)cc2[nH]1. The van der Waals surface area contributed by atoms with Gasteiger partial charge in [0.15, 0.2) is 0 Å². The number of hydrogen-bond acceptors (Lipinski definition) is 6. The fraction of sp³-hybridized carbons (Fsp3) is 0.500. The quantitative estimate of drug-likeness (QED) is 0.322. The van der Waals surface area contributed by atoms with Gasteiger partial charge in [-0.2, -0.15) is 5.26 Å². The fourth-order valence-corrected chi connectivity index (χ4v) is 4.14. The van der Waals surface area contributed by atoms with Crippen molar-refractivity contribution >= 4 is 22.8 Å². The third-order valence-electron chi connectivity index (χ3n) is 5.70. The van der Waals surface area contributed by atoms with Crippen LogP contribution in [0.15, 0.2) is 30.0 Å². The minimum absolute atomic E-state index is 0.0320. The number of aromatic amines is 1. The molecule has 36 heavy (non-hydrogen) atoms. The van der Waals surface area contributed by atoms with Crippen LogP contribution < -0.4 is 4.74 Å². The third-order valence-corrected chi connectivity index (χ3v) is 5.70. The van der Waals surface area contributed by atoms with Crippen molar-refractivity contribution in [3.05, 3.63) is 41.2 Å². The molecule has 0 radical (unpaired) electrons. The van der Waals surface area contributed by atoms with E-state index in [1.807, 2.05) is 32.9 Å². The first-order chi connectivity index (χ1) is 16.9. The number of hydrogen-bond donors (Lipinski definition) is 1. The van der Waals surface area contributed by atoms with E-state index >= 15 is 0 Å². The van der Waals surface area contributed by atoms with Crippen molar-refractivity contribution in [1.29, 1.82) is 5.26 Å². The molecule has 10 heteroatoms. The number of allylic oxidation sites excluding steroid dienone is 1. The molecule has 2 aromatic rings. The van der Waals surface area contributed by atoms with Crippen LogP contribution in [0.1, 0.15) is 55.6 Å². The van der Waals surface area contributed by atoms with Gasteiger partial charge < -0.3 is 24.3 Å². The number of carbonyl (C=O) groups is 2. The van der Waals surface area contributed by atoms with Crippen molar-refractivity contribution in [2.75, 3.05) is 33.8 Å². The molecule has 0 atom stereocenters. The first-order valence-electron chi connectivity index (χ1n) is 11.8. The number of amides is 1. The second-order valence-corrected chi connectivity index (χ2v) is 10.1. The Bertz CT molecular complexity index is 1180. The van der Waals surface area contributed by atoms with E-state index in [9.17, 15) is 23.6 Å². The van der Waals surface area contributed by atoms with E-state index < -0.39 is 24.4 Å². The molecule has 1 fully saturated rings. The topological polar surface area (TPSA) is 98.7 Å². The highest BCUT2D eigenvalue weighted by molar-refractivity contribution is 6.12. The Morgan fingerprint density at radius 1 is 1.25 bits per heavy atom. The molecule has 1 aromatic carbocycles. The van der Waals surface area contributed by atoms with Gasteiger partial charge >= 0.3 is 6.09 Å². The number of benzene rings is 1. The van der Waals surface area contributed by atoms with Crippen LogP contribution in [0.5, 0.6) is 5.75 Å². The zero-order valence-corrected chi connectivity index (χ0v) is 21.2. The van der Waals surface area contributed by atoms with Crippen molar-refractivity contribution in [2.24, 2.45) is 0 Å². The predicted octanol–water partition coefficient (Wildman–Crippen LogP) is 5.08. The van der Waals surface area contributed by atoms with Gasteiger partial charge in [-0.15, -0.1) is 0 Å². The number of likely N-dealkylation sites (tertiary alicyclic amines) is 1. The molecule has 194 valence electrons. The number of ether oxygens (including phenoxy) is 2. The smallest absolute Gasteiger partial charge is 0.410 e. The summed E-state index contributed by atoms with van der Waals surface area (Å²) in [5.41, 5.74) is 0.962. The van der Waals surface area contributed by atoms with Crippen LogP contribution >= 0.6 is 0 Å². The van der Waals surface area contributed by atoms with E-state index in [2.05, 4.69) is 4.98 Å². The van der Waals surface area contributed by atoms with Gasteiger partial charge in [-0.05, 0) is 63.3 Å². The third kappa shape index (κ3) is 6.74. The summed E-state index contributed by atoms with van der Waals surface area (Å²) in [6.45, 7) is 5.60. The Kier molecular flexibility index (Phi) is 8.23. The van der Waals surface area contributed by atoms with Gasteiger partial charge in [0.1, 0.15) is 29.6 Å². The number of nitrogens with one attached hydrogen (secondary N) is 1. The van der Waals surface area contributed by atoms with Crippen molar-refractivity contribution in [3.63, 3.8) is 0 Å². The normalized spacial score (nSPS) is 15.2. The summed E-state index contributed by atoms with van der Waals surface area (Å²) in [7, 11) is 3.42. The minimum Gasteiger partial charge on any atom is -0.487 e. The maximum Gasteiger partial charge on any atom is 0.410 e. The summed E-state index contributed by atoms with van der Waals surface area (Å²) in [6.07, 6.45) is -0.370. The molecule has 1 amide bonds. The monoisotopic (exact) mass is 502 g/mol. The molecule has 1 aliphatic heterocycles. The molecule has 0 spiro atoms. The minimum atomic E-state index is -2.64. The number of aromatic nitrogens is 1. The highest BCUT2D eigenvalue weighted by atomic mass is 19.3. The number of halogens is 2. The predicted molar refractivity (Wildman–Crippen MR) is 131 cm³/mol. The molecule has 3 rings (SSSR count). The fourth-order valence-electron chi connectivity index (χ4n) is 4.14. The lowest BCUT2D eigenvalue weighted by atomic mass is 9.88. The van der Waals surface area contributed by atoms with E-state index in [0.29, 0.717) is 42.6 Å². The lowest BCUT2D eigenvalue weighted by molar-refractivity contribution is 0.0203. The summed E-state index contributed by atoms with van der Waals surface area (Å²) < 4.78 is 36.8. The average molecular weight is 503 g/mol. The molecule has 1 saturated heterocycles. The maximum atomic E-state index is 13.0. The largest absolute Gasteiger partial charge is 0.487 e. The lowest BCUT2D eigenvalue weighted by Crippen LogP contribution is -2.41. The Labute approximate surface area is 209 Å².